The van der Waals surface area contributed by atoms with E-state index in [2.05, 4.69) is 36.5 Å². The SMILES string of the molecule is CCSc1ccc(C(NC)C2CC2C(=O)O)cc1. The van der Waals surface area contributed by atoms with Gasteiger partial charge in [0.15, 0.2) is 0 Å². The minimum absolute atomic E-state index is 0.159. The van der Waals surface area contributed by atoms with Gasteiger partial charge in [-0.15, -0.1) is 11.8 Å². The molecule has 1 aliphatic rings. The van der Waals surface area contributed by atoms with Gasteiger partial charge in [0.1, 0.15) is 0 Å². The molecule has 1 saturated carbocycles. The molecule has 0 amide bonds. The number of benzene rings is 1. The molecule has 0 aliphatic heterocycles. The Balaban J connectivity index is 2.06. The van der Waals surface area contributed by atoms with E-state index >= 15 is 0 Å². The third kappa shape index (κ3) is 2.87. The zero-order valence-corrected chi connectivity index (χ0v) is 11.5. The fourth-order valence-corrected chi connectivity index (χ4v) is 3.09. The van der Waals surface area contributed by atoms with Crippen LogP contribution in [0.3, 0.4) is 0 Å². The predicted octanol–water partition coefficient (Wildman–Crippen LogP) is 2.78. The highest BCUT2D eigenvalue weighted by molar-refractivity contribution is 7.99. The monoisotopic (exact) mass is 265 g/mol. The number of rotatable bonds is 6. The molecule has 0 aromatic heterocycles. The van der Waals surface area contributed by atoms with Crippen molar-refractivity contribution in [1.29, 1.82) is 0 Å². The van der Waals surface area contributed by atoms with Crippen molar-refractivity contribution in [1.82, 2.24) is 5.32 Å². The lowest BCUT2D eigenvalue weighted by molar-refractivity contribution is -0.138. The van der Waals surface area contributed by atoms with Crippen molar-refractivity contribution >= 4 is 17.7 Å². The molecular formula is C14H19NO2S. The molecule has 0 radical (unpaired) electrons. The standard InChI is InChI=1S/C14H19NO2S/c1-3-18-10-6-4-9(5-7-10)13(15-2)11-8-12(11)14(16)17/h4-7,11-13,15H,3,8H2,1-2H3,(H,16,17). The summed E-state index contributed by atoms with van der Waals surface area (Å²) < 4.78 is 0. The first-order chi connectivity index (χ1) is 8.67. The minimum atomic E-state index is -0.668. The van der Waals surface area contributed by atoms with Crippen molar-refractivity contribution in [2.75, 3.05) is 12.8 Å². The fourth-order valence-electron chi connectivity index (χ4n) is 2.43. The van der Waals surface area contributed by atoms with E-state index in [1.165, 1.54) is 10.5 Å². The van der Waals surface area contributed by atoms with Crippen LogP contribution in [0.25, 0.3) is 0 Å². The lowest BCUT2D eigenvalue weighted by atomic mass is 10.0. The summed E-state index contributed by atoms with van der Waals surface area (Å²) in [6.45, 7) is 2.14. The van der Waals surface area contributed by atoms with Crippen LogP contribution in [0.2, 0.25) is 0 Å². The third-order valence-electron chi connectivity index (χ3n) is 3.45. The summed E-state index contributed by atoms with van der Waals surface area (Å²) in [7, 11) is 1.90. The number of aliphatic carboxylic acids is 1. The van der Waals surface area contributed by atoms with Gasteiger partial charge in [-0.2, -0.15) is 0 Å². The van der Waals surface area contributed by atoms with Gasteiger partial charge in [0.2, 0.25) is 0 Å². The molecule has 0 bridgehead atoms. The predicted molar refractivity (Wildman–Crippen MR) is 73.9 cm³/mol. The molecule has 0 spiro atoms. The van der Waals surface area contributed by atoms with E-state index in [-0.39, 0.29) is 17.9 Å². The zero-order chi connectivity index (χ0) is 13.1. The molecule has 0 saturated heterocycles. The quantitative estimate of drug-likeness (QED) is 0.777. The van der Waals surface area contributed by atoms with Crippen LogP contribution in [-0.4, -0.2) is 23.9 Å². The fraction of sp³-hybridized carbons (Fsp3) is 0.500. The Morgan fingerprint density at radius 3 is 2.61 bits per heavy atom. The molecule has 0 heterocycles. The van der Waals surface area contributed by atoms with Gasteiger partial charge in [-0.05, 0) is 42.8 Å². The Morgan fingerprint density at radius 2 is 2.17 bits per heavy atom. The lowest BCUT2D eigenvalue weighted by Gasteiger charge is -2.16. The molecule has 1 aliphatic carbocycles. The second kappa shape index (κ2) is 5.76. The highest BCUT2D eigenvalue weighted by atomic mass is 32.2. The van der Waals surface area contributed by atoms with E-state index < -0.39 is 5.97 Å². The van der Waals surface area contributed by atoms with Crippen molar-refractivity contribution < 1.29 is 9.90 Å². The number of nitrogens with one attached hydrogen (secondary N) is 1. The van der Waals surface area contributed by atoms with Gasteiger partial charge >= 0.3 is 5.97 Å². The Bertz CT molecular complexity index is 418. The van der Waals surface area contributed by atoms with Gasteiger partial charge in [0.25, 0.3) is 0 Å². The average Bonchev–Trinajstić information content (AvgIpc) is 3.13. The first kappa shape index (κ1) is 13.4. The molecule has 1 fully saturated rings. The number of carbonyl (C=O) groups is 1. The molecule has 3 atom stereocenters. The molecule has 1 aromatic carbocycles. The van der Waals surface area contributed by atoms with Gasteiger partial charge in [-0.25, -0.2) is 0 Å². The van der Waals surface area contributed by atoms with Crippen LogP contribution < -0.4 is 5.32 Å². The van der Waals surface area contributed by atoms with Gasteiger partial charge in [-0.1, -0.05) is 19.1 Å². The van der Waals surface area contributed by atoms with Crippen molar-refractivity contribution in [2.24, 2.45) is 11.8 Å². The van der Waals surface area contributed by atoms with Crippen LogP contribution in [0.15, 0.2) is 29.2 Å². The summed E-state index contributed by atoms with van der Waals surface area (Å²) in [5, 5.41) is 12.2. The van der Waals surface area contributed by atoms with Gasteiger partial charge < -0.3 is 10.4 Å². The summed E-state index contributed by atoms with van der Waals surface area (Å²) in [6.07, 6.45) is 0.784. The summed E-state index contributed by atoms with van der Waals surface area (Å²) in [5.74, 6) is 0.459. The van der Waals surface area contributed by atoms with E-state index in [1.807, 2.05) is 18.8 Å². The topological polar surface area (TPSA) is 49.3 Å². The van der Waals surface area contributed by atoms with Crippen LogP contribution in [-0.2, 0) is 4.79 Å². The second-order valence-corrected chi connectivity index (χ2v) is 5.95. The van der Waals surface area contributed by atoms with Crippen LogP contribution in [0.4, 0.5) is 0 Å². The highest BCUT2D eigenvalue weighted by Crippen LogP contribution is 2.47. The molecule has 2 N–H and O–H groups in total. The van der Waals surface area contributed by atoms with Gasteiger partial charge in [0.05, 0.1) is 5.92 Å². The Labute approximate surface area is 112 Å². The molecular weight excluding hydrogens is 246 g/mol. The third-order valence-corrected chi connectivity index (χ3v) is 4.34. The Hall–Kier alpha value is -1.00. The summed E-state index contributed by atoms with van der Waals surface area (Å²) >= 11 is 1.82. The number of hydrogen-bond acceptors (Lipinski definition) is 3. The van der Waals surface area contributed by atoms with Gasteiger partial charge in [-0.3, -0.25) is 4.79 Å². The summed E-state index contributed by atoms with van der Waals surface area (Å²) in [5.41, 5.74) is 1.19. The highest BCUT2D eigenvalue weighted by Gasteiger charge is 2.47. The molecule has 3 unspecified atom stereocenters. The number of carboxylic acids is 1. The van der Waals surface area contributed by atoms with E-state index in [9.17, 15) is 4.79 Å². The molecule has 3 nitrogen and oxygen atoms in total. The zero-order valence-electron chi connectivity index (χ0n) is 10.7. The number of hydrogen-bond donors (Lipinski definition) is 2. The normalized spacial score (nSPS) is 23.7. The second-order valence-electron chi connectivity index (χ2n) is 4.61. The first-order valence-electron chi connectivity index (χ1n) is 6.30. The molecule has 98 valence electrons. The largest absolute Gasteiger partial charge is 0.481 e. The van der Waals surface area contributed by atoms with E-state index in [1.54, 1.807) is 0 Å². The van der Waals surface area contributed by atoms with Crippen LogP contribution >= 0.6 is 11.8 Å². The van der Waals surface area contributed by atoms with Crippen LogP contribution in [0, 0.1) is 11.8 Å². The van der Waals surface area contributed by atoms with Crippen LogP contribution in [0.5, 0.6) is 0 Å². The smallest absolute Gasteiger partial charge is 0.306 e. The lowest BCUT2D eigenvalue weighted by Crippen LogP contribution is -2.20. The molecule has 18 heavy (non-hydrogen) atoms. The number of carboxylic acid groups (broad SMARTS) is 1. The average molecular weight is 265 g/mol. The van der Waals surface area contributed by atoms with Crippen molar-refractivity contribution in [2.45, 2.75) is 24.3 Å². The maximum Gasteiger partial charge on any atom is 0.306 e. The minimum Gasteiger partial charge on any atom is -0.481 e. The first-order valence-corrected chi connectivity index (χ1v) is 7.28. The maximum atomic E-state index is 10.9. The number of thioether (sulfide) groups is 1. The Morgan fingerprint density at radius 1 is 1.50 bits per heavy atom. The summed E-state index contributed by atoms with van der Waals surface area (Å²) in [4.78, 5) is 12.2. The van der Waals surface area contributed by atoms with Crippen molar-refractivity contribution in [3.05, 3.63) is 29.8 Å². The van der Waals surface area contributed by atoms with E-state index in [4.69, 9.17) is 5.11 Å². The van der Waals surface area contributed by atoms with Crippen LogP contribution in [0.1, 0.15) is 24.9 Å². The molecule has 4 heteroatoms. The summed E-state index contributed by atoms with van der Waals surface area (Å²) in [6, 6.07) is 8.61. The van der Waals surface area contributed by atoms with E-state index in [0.717, 1.165) is 12.2 Å². The van der Waals surface area contributed by atoms with Crippen molar-refractivity contribution in [3.63, 3.8) is 0 Å². The van der Waals surface area contributed by atoms with E-state index in [0.29, 0.717) is 0 Å². The van der Waals surface area contributed by atoms with Gasteiger partial charge in [0, 0.05) is 10.9 Å². The molecule has 2 rings (SSSR count). The van der Waals surface area contributed by atoms with Crippen molar-refractivity contribution in [3.8, 4) is 0 Å². The Kier molecular flexibility index (Phi) is 4.30. The maximum absolute atomic E-state index is 10.9. The molecule has 1 aromatic rings.